The Morgan fingerprint density at radius 2 is 0.871 bits per heavy atom. The van der Waals surface area contributed by atoms with E-state index in [9.17, 15) is 19.4 Å². The number of carbonyl (C=O) groups is 1. The van der Waals surface area contributed by atoms with E-state index in [1.807, 2.05) is 0 Å². The molecule has 0 rings (SSSR count). The van der Waals surface area contributed by atoms with Gasteiger partial charge in [0.05, 0.1) is 26.4 Å². The summed E-state index contributed by atoms with van der Waals surface area (Å²) in [5.74, 6) is -0.414. The average molecular weight is 887 g/mol. The summed E-state index contributed by atoms with van der Waals surface area (Å²) in [6, 6.07) is 0. The molecule has 3 unspecified atom stereocenters. The Morgan fingerprint density at radius 3 is 1.31 bits per heavy atom. The highest BCUT2D eigenvalue weighted by Gasteiger charge is 2.26. The number of unbranched alkanes of at least 4 members (excludes halogenated alkanes) is 12. The second-order valence-electron chi connectivity index (χ2n) is 15.4. The van der Waals surface area contributed by atoms with Crippen molar-refractivity contribution in [3.63, 3.8) is 0 Å². The molecule has 3 atom stereocenters. The first-order valence-corrected chi connectivity index (χ1v) is 25.4. The van der Waals surface area contributed by atoms with E-state index in [1.165, 1.54) is 32.1 Å². The Kier molecular flexibility index (Phi) is 45.4. The number of hydrogen-bond donors (Lipinski definition) is 3. The Hall–Kier alpha value is -2.88. The number of aliphatic hydroxyl groups is 2. The topological polar surface area (TPSA) is 132 Å². The van der Waals surface area contributed by atoms with Crippen molar-refractivity contribution >= 4 is 13.8 Å². The summed E-state index contributed by atoms with van der Waals surface area (Å²) in [4.78, 5) is 22.7. The lowest BCUT2D eigenvalue weighted by Crippen LogP contribution is -2.29. The van der Waals surface area contributed by atoms with Crippen LogP contribution in [0.3, 0.4) is 0 Å². The van der Waals surface area contributed by atoms with Crippen LogP contribution in [0, 0.1) is 0 Å². The van der Waals surface area contributed by atoms with Gasteiger partial charge in [-0.1, -0.05) is 175 Å². The maximum atomic E-state index is 12.7. The molecule has 0 saturated carbocycles. The molecule has 0 amide bonds. The van der Waals surface area contributed by atoms with Gasteiger partial charge < -0.3 is 24.6 Å². The standard InChI is InChI=1S/C52H87O9P/c1-3-5-7-9-11-13-15-17-19-21-23-24-25-26-27-28-30-32-34-36-38-40-42-44-52(55)61-51(49-60-62(56,57)59-47-50(54)46-53)48-58-45-43-41-39-37-35-33-31-29-22-20-18-16-14-12-10-8-6-4-2/h5-8,11-14,17-20,23-24,26-27,30,32,50-51,53-54H,3-4,9-10,15-16,21-22,25,28-29,31,33-49H2,1-2H3,(H,56,57)/b7-5-,8-6-,13-11-,14-12-,19-17-,20-18-,24-23-,27-26-,32-30-. The van der Waals surface area contributed by atoms with Crippen molar-refractivity contribution in [2.75, 3.05) is 33.0 Å². The summed E-state index contributed by atoms with van der Waals surface area (Å²) in [6.45, 7) is 3.22. The fraction of sp³-hybridized carbons (Fsp3) is 0.635. The molecule has 0 radical (unpaired) electrons. The highest BCUT2D eigenvalue weighted by molar-refractivity contribution is 7.47. The molecule has 9 nitrogen and oxygen atoms in total. The number of phosphoric acid groups is 1. The monoisotopic (exact) mass is 887 g/mol. The first-order valence-electron chi connectivity index (χ1n) is 23.9. The maximum Gasteiger partial charge on any atom is 0.472 e. The molecule has 0 fully saturated rings. The van der Waals surface area contributed by atoms with Gasteiger partial charge in [0.25, 0.3) is 0 Å². The van der Waals surface area contributed by atoms with Crippen molar-refractivity contribution in [1.82, 2.24) is 0 Å². The Balaban J connectivity index is 4.23. The summed E-state index contributed by atoms with van der Waals surface area (Å²) in [6.07, 6.45) is 61.9. The minimum absolute atomic E-state index is 0.0258. The Labute approximate surface area is 378 Å². The normalized spacial score (nSPS) is 14.9. The Morgan fingerprint density at radius 1 is 0.500 bits per heavy atom. The van der Waals surface area contributed by atoms with Crippen LogP contribution in [-0.2, 0) is 27.9 Å². The number of aliphatic hydroxyl groups excluding tert-OH is 2. The number of phosphoric ester groups is 1. The van der Waals surface area contributed by atoms with E-state index >= 15 is 0 Å². The van der Waals surface area contributed by atoms with Crippen LogP contribution in [0.15, 0.2) is 109 Å². The van der Waals surface area contributed by atoms with Gasteiger partial charge >= 0.3 is 13.8 Å². The largest absolute Gasteiger partial charge is 0.472 e. The minimum atomic E-state index is -4.54. The summed E-state index contributed by atoms with van der Waals surface area (Å²) in [5.41, 5.74) is 0. The van der Waals surface area contributed by atoms with Gasteiger partial charge in [0.15, 0.2) is 0 Å². The molecule has 0 aliphatic carbocycles. The minimum Gasteiger partial charge on any atom is -0.457 e. The van der Waals surface area contributed by atoms with E-state index in [1.54, 1.807) is 0 Å². The molecule has 0 aliphatic rings. The zero-order valence-electron chi connectivity index (χ0n) is 38.8. The average Bonchev–Trinajstić information content (AvgIpc) is 3.26. The van der Waals surface area contributed by atoms with Gasteiger partial charge in [-0.3, -0.25) is 13.8 Å². The molecular formula is C52H87O9P. The Bertz CT molecular complexity index is 1330. The summed E-state index contributed by atoms with van der Waals surface area (Å²) in [5, 5.41) is 18.4. The van der Waals surface area contributed by atoms with Gasteiger partial charge in [0, 0.05) is 13.0 Å². The highest BCUT2D eigenvalue weighted by Crippen LogP contribution is 2.43. The summed E-state index contributed by atoms with van der Waals surface area (Å²) < 4.78 is 33.4. The zero-order valence-corrected chi connectivity index (χ0v) is 39.7. The molecule has 10 heteroatoms. The molecule has 62 heavy (non-hydrogen) atoms. The van der Waals surface area contributed by atoms with Crippen LogP contribution in [0.1, 0.15) is 168 Å². The number of allylic oxidation sites excluding steroid dienone is 18. The van der Waals surface area contributed by atoms with E-state index in [2.05, 4.69) is 123 Å². The van der Waals surface area contributed by atoms with Crippen molar-refractivity contribution in [2.24, 2.45) is 0 Å². The van der Waals surface area contributed by atoms with Gasteiger partial charge in [-0.25, -0.2) is 4.57 Å². The third-order valence-electron chi connectivity index (χ3n) is 9.45. The number of carbonyl (C=O) groups excluding carboxylic acids is 1. The van der Waals surface area contributed by atoms with Crippen LogP contribution < -0.4 is 0 Å². The van der Waals surface area contributed by atoms with Gasteiger partial charge in [-0.2, -0.15) is 0 Å². The molecule has 354 valence electrons. The molecule has 0 heterocycles. The van der Waals surface area contributed by atoms with Crippen LogP contribution in [0.4, 0.5) is 0 Å². The highest BCUT2D eigenvalue weighted by atomic mass is 31.2. The van der Waals surface area contributed by atoms with Crippen molar-refractivity contribution in [3.05, 3.63) is 109 Å². The second-order valence-corrected chi connectivity index (χ2v) is 16.8. The van der Waals surface area contributed by atoms with E-state index in [4.69, 9.17) is 23.6 Å². The second kappa shape index (κ2) is 47.6. The van der Waals surface area contributed by atoms with Gasteiger partial charge in [0.1, 0.15) is 12.2 Å². The van der Waals surface area contributed by atoms with E-state index in [0.717, 1.165) is 109 Å². The fourth-order valence-electron chi connectivity index (χ4n) is 5.90. The lowest BCUT2D eigenvalue weighted by molar-refractivity contribution is -0.154. The molecule has 3 N–H and O–H groups in total. The van der Waals surface area contributed by atoms with Crippen molar-refractivity contribution < 1.29 is 43.0 Å². The smallest absolute Gasteiger partial charge is 0.457 e. The van der Waals surface area contributed by atoms with Crippen LogP contribution in [0.5, 0.6) is 0 Å². The third-order valence-corrected chi connectivity index (χ3v) is 10.4. The van der Waals surface area contributed by atoms with Crippen LogP contribution in [0.25, 0.3) is 0 Å². The predicted molar refractivity (Wildman–Crippen MR) is 260 cm³/mol. The van der Waals surface area contributed by atoms with Crippen molar-refractivity contribution in [1.29, 1.82) is 0 Å². The molecule has 0 aromatic rings. The lowest BCUT2D eigenvalue weighted by atomic mass is 10.1. The SMILES string of the molecule is CC/C=C\C/C=C\C/C=C\C/C=C\C/C=C\C/C=C\CCCCCCC(=O)OC(COCCCCCCCCCC/C=C\C/C=C\C/C=C\CC)COP(=O)(O)OCC(O)CO. The van der Waals surface area contributed by atoms with E-state index in [-0.39, 0.29) is 13.0 Å². The number of esters is 1. The van der Waals surface area contributed by atoms with Crippen molar-refractivity contribution in [2.45, 2.75) is 180 Å². The van der Waals surface area contributed by atoms with Gasteiger partial charge in [-0.15, -0.1) is 0 Å². The first kappa shape index (κ1) is 59.1. The number of hydrogen-bond acceptors (Lipinski definition) is 8. The molecule has 0 bridgehead atoms. The first-order chi connectivity index (χ1) is 30.3. The summed E-state index contributed by atoms with van der Waals surface area (Å²) in [7, 11) is -4.54. The maximum absolute atomic E-state index is 12.7. The van der Waals surface area contributed by atoms with Crippen LogP contribution >= 0.6 is 7.82 Å². The third kappa shape index (κ3) is 46.6. The van der Waals surface area contributed by atoms with E-state index < -0.39 is 45.8 Å². The van der Waals surface area contributed by atoms with Crippen molar-refractivity contribution in [3.8, 4) is 0 Å². The molecule has 0 aromatic heterocycles. The van der Waals surface area contributed by atoms with Crippen LogP contribution in [-0.4, -0.2) is 66.3 Å². The molecule has 0 saturated heterocycles. The molecular weight excluding hydrogens is 800 g/mol. The lowest BCUT2D eigenvalue weighted by Gasteiger charge is -2.20. The molecule has 0 spiro atoms. The van der Waals surface area contributed by atoms with Gasteiger partial charge in [0.2, 0.25) is 0 Å². The van der Waals surface area contributed by atoms with Crippen LogP contribution in [0.2, 0.25) is 0 Å². The zero-order chi connectivity index (χ0) is 45.3. The molecule has 0 aliphatic heterocycles. The van der Waals surface area contributed by atoms with Gasteiger partial charge in [-0.05, 0) is 96.3 Å². The summed E-state index contributed by atoms with van der Waals surface area (Å²) >= 11 is 0. The molecule has 0 aromatic carbocycles. The van der Waals surface area contributed by atoms with E-state index in [0.29, 0.717) is 13.0 Å². The number of rotatable bonds is 44. The fourth-order valence-corrected chi connectivity index (χ4v) is 6.69. The predicted octanol–water partition coefficient (Wildman–Crippen LogP) is 13.8. The number of ether oxygens (including phenoxy) is 2. The quantitative estimate of drug-likeness (QED) is 0.0237.